The lowest BCUT2D eigenvalue weighted by Crippen LogP contribution is -2.11. The molecule has 0 unspecified atom stereocenters. The van der Waals surface area contributed by atoms with Gasteiger partial charge in [0.1, 0.15) is 6.42 Å². The lowest BCUT2D eigenvalue weighted by Gasteiger charge is -2.04. The second-order valence-electron chi connectivity index (χ2n) is 3.39. The van der Waals surface area contributed by atoms with Gasteiger partial charge in [0.2, 0.25) is 0 Å². The summed E-state index contributed by atoms with van der Waals surface area (Å²) in [6.45, 7) is 3.94. The quantitative estimate of drug-likeness (QED) is 0.485. The Bertz CT molecular complexity index is 413. The molecule has 0 saturated heterocycles. The maximum absolute atomic E-state index is 11.7. The Morgan fingerprint density at radius 1 is 1.38 bits per heavy atom. The Morgan fingerprint density at radius 3 is 2.62 bits per heavy atom. The van der Waals surface area contributed by atoms with Crippen molar-refractivity contribution in [2.45, 2.75) is 20.3 Å². The van der Waals surface area contributed by atoms with E-state index in [-0.39, 0.29) is 12.2 Å². The summed E-state index contributed by atoms with van der Waals surface area (Å²) in [4.78, 5) is 22.9. The first-order chi connectivity index (χ1) is 7.54. The van der Waals surface area contributed by atoms with Crippen LogP contribution < -0.4 is 0 Å². The third kappa shape index (κ3) is 3.45. The number of ketones is 1. The van der Waals surface area contributed by atoms with Crippen LogP contribution in [0, 0.1) is 6.92 Å². The second kappa shape index (κ2) is 5.80. The first kappa shape index (κ1) is 12.9. The molecule has 0 aliphatic heterocycles. The Kier molecular flexibility index (Phi) is 4.68. The van der Waals surface area contributed by atoms with Crippen molar-refractivity contribution < 1.29 is 14.3 Å². The molecule has 0 heterocycles. The summed E-state index contributed by atoms with van der Waals surface area (Å²) in [6.07, 6.45) is -0.213. The molecule has 0 spiro atoms. The maximum atomic E-state index is 11.7. The van der Waals surface area contributed by atoms with Gasteiger partial charge in [-0.3, -0.25) is 9.59 Å². The van der Waals surface area contributed by atoms with Gasteiger partial charge in [-0.1, -0.05) is 22.0 Å². The number of carbonyl (C=O) groups is 2. The number of benzene rings is 1. The number of hydrogen-bond acceptors (Lipinski definition) is 3. The summed E-state index contributed by atoms with van der Waals surface area (Å²) in [5.41, 5.74) is 1.57. The van der Waals surface area contributed by atoms with E-state index in [9.17, 15) is 9.59 Å². The van der Waals surface area contributed by atoms with E-state index >= 15 is 0 Å². The molecule has 1 aromatic rings. The van der Waals surface area contributed by atoms with Crippen LogP contribution in [0.1, 0.15) is 29.3 Å². The molecule has 86 valence electrons. The molecule has 3 nitrogen and oxygen atoms in total. The smallest absolute Gasteiger partial charge is 0.313 e. The van der Waals surface area contributed by atoms with E-state index < -0.39 is 5.97 Å². The van der Waals surface area contributed by atoms with Crippen molar-refractivity contribution in [2.75, 3.05) is 6.61 Å². The van der Waals surface area contributed by atoms with Crippen molar-refractivity contribution >= 4 is 27.7 Å². The summed E-state index contributed by atoms with van der Waals surface area (Å²) in [6, 6.07) is 5.39. The van der Waals surface area contributed by atoms with Crippen LogP contribution in [-0.2, 0) is 9.53 Å². The number of Topliss-reactive ketones (excluding diaryl/α,β-unsaturated/α-hetero) is 1. The number of carbonyl (C=O) groups excluding carboxylic acids is 2. The van der Waals surface area contributed by atoms with E-state index in [1.807, 2.05) is 19.1 Å². The minimum Gasteiger partial charge on any atom is -0.466 e. The maximum Gasteiger partial charge on any atom is 0.313 e. The minimum absolute atomic E-state index is 0.213. The molecule has 0 aliphatic carbocycles. The first-order valence-corrected chi connectivity index (χ1v) is 5.79. The third-order valence-electron chi connectivity index (χ3n) is 2.04. The zero-order valence-electron chi connectivity index (χ0n) is 9.25. The molecule has 1 rings (SSSR count). The summed E-state index contributed by atoms with van der Waals surface area (Å²) < 4.78 is 5.43. The molecule has 0 N–H and O–H groups in total. The van der Waals surface area contributed by atoms with Crippen LogP contribution in [0.15, 0.2) is 22.7 Å². The van der Waals surface area contributed by atoms with Gasteiger partial charge in [-0.05, 0) is 31.5 Å². The van der Waals surface area contributed by atoms with Crippen LogP contribution in [0.4, 0.5) is 0 Å². The van der Waals surface area contributed by atoms with E-state index in [1.165, 1.54) is 0 Å². The van der Waals surface area contributed by atoms with Gasteiger partial charge < -0.3 is 4.74 Å². The van der Waals surface area contributed by atoms with Crippen molar-refractivity contribution in [3.63, 3.8) is 0 Å². The zero-order chi connectivity index (χ0) is 12.1. The standard InChI is InChI=1S/C12H13BrO3/c1-3-16-12(15)7-11(14)9-5-4-8(2)6-10(9)13/h4-6H,3,7H2,1-2H3. The largest absolute Gasteiger partial charge is 0.466 e. The van der Waals surface area contributed by atoms with Gasteiger partial charge in [-0.2, -0.15) is 0 Å². The molecular formula is C12H13BrO3. The van der Waals surface area contributed by atoms with Crippen molar-refractivity contribution in [1.29, 1.82) is 0 Å². The van der Waals surface area contributed by atoms with Crippen LogP contribution in [0.2, 0.25) is 0 Å². The third-order valence-corrected chi connectivity index (χ3v) is 2.69. The molecular weight excluding hydrogens is 272 g/mol. The molecule has 0 fully saturated rings. The van der Waals surface area contributed by atoms with Crippen LogP contribution in [0.3, 0.4) is 0 Å². The minimum atomic E-state index is -0.486. The molecule has 1 aromatic carbocycles. The highest BCUT2D eigenvalue weighted by Crippen LogP contribution is 2.19. The van der Waals surface area contributed by atoms with E-state index in [0.717, 1.165) is 5.56 Å². The highest BCUT2D eigenvalue weighted by Gasteiger charge is 2.14. The fourth-order valence-corrected chi connectivity index (χ4v) is 2.00. The van der Waals surface area contributed by atoms with E-state index in [4.69, 9.17) is 4.74 Å². The number of hydrogen-bond donors (Lipinski definition) is 0. The van der Waals surface area contributed by atoms with Gasteiger partial charge in [-0.25, -0.2) is 0 Å². The Morgan fingerprint density at radius 2 is 2.06 bits per heavy atom. The Labute approximate surface area is 103 Å². The molecule has 0 radical (unpaired) electrons. The normalized spacial score (nSPS) is 9.94. The average molecular weight is 285 g/mol. The van der Waals surface area contributed by atoms with Gasteiger partial charge >= 0.3 is 5.97 Å². The van der Waals surface area contributed by atoms with Gasteiger partial charge in [-0.15, -0.1) is 0 Å². The number of halogens is 1. The van der Waals surface area contributed by atoms with Crippen LogP contribution >= 0.6 is 15.9 Å². The number of esters is 1. The molecule has 0 amide bonds. The SMILES string of the molecule is CCOC(=O)CC(=O)c1ccc(C)cc1Br. The summed E-state index contributed by atoms with van der Waals surface area (Å²) in [7, 11) is 0. The lowest BCUT2D eigenvalue weighted by molar-refractivity contribution is -0.141. The molecule has 0 aromatic heterocycles. The van der Waals surface area contributed by atoms with Crippen molar-refractivity contribution in [1.82, 2.24) is 0 Å². The zero-order valence-corrected chi connectivity index (χ0v) is 10.8. The highest BCUT2D eigenvalue weighted by molar-refractivity contribution is 9.10. The molecule has 16 heavy (non-hydrogen) atoms. The van der Waals surface area contributed by atoms with Crippen molar-refractivity contribution in [3.8, 4) is 0 Å². The lowest BCUT2D eigenvalue weighted by atomic mass is 10.1. The van der Waals surface area contributed by atoms with Crippen LogP contribution in [-0.4, -0.2) is 18.4 Å². The van der Waals surface area contributed by atoms with Gasteiger partial charge in [0.15, 0.2) is 5.78 Å². The monoisotopic (exact) mass is 284 g/mol. The van der Waals surface area contributed by atoms with E-state index in [0.29, 0.717) is 16.6 Å². The number of aryl methyl sites for hydroxylation is 1. The Balaban J connectivity index is 2.77. The number of ether oxygens (including phenoxy) is 1. The summed E-state index contributed by atoms with van der Waals surface area (Å²) in [5, 5.41) is 0. The topological polar surface area (TPSA) is 43.4 Å². The molecule has 0 aliphatic rings. The summed E-state index contributed by atoms with van der Waals surface area (Å²) >= 11 is 3.30. The van der Waals surface area contributed by atoms with Crippen LogP contribution in [0.5, 0.6) is 0 Å². The first-order valence-electron chi connectivity index (χ1n) is 4.99. The predicted octanol–water partition coefficient (Wildman–Crippen LogP) is 2.89. The molecule has 4 heteroatoms. The van der Waals surface area contributed by atoms with Gasteiger partial charge in [0.05, 0.1) is 6.61 Å². The molecule has 0 atom stereocenters. The Hall–Kier alpha value is -1.16. The predicted molar refractivity (Wildman–Crippen MR) is 64.5 cm³/mol. The fourth-order valence-electron chi connectivity index (χ4n) is 1.28. The second-order valence-corrected chi connectivity index (χ2v) is 4.24. The average Bonchev–Trinajstić information content (AvgIpc) is 2.17. The highest BCUT2D eigenvalue weighted by atomic mass is 79.9. The molecule has 0 bridgehead atoms. The summed E-state index contributed by atoms with van der Waals surface area (Å²) in [5.74, 6) is -0.717. The van der Waals surface area contributed by atoms with E-state index in [1.54, 1.807) is 13.0 Å². The van der Waals surface area contributed by atoms with Crippen molar-refractivity contribution in [2.24, 2.45) is 0 Å². The van der Waals surface area contributed by atoms with E-state index in [2.05, 4.69) is 15.9 Å². The van der Waals surface area contributed by atoms with Gasteiger partial charge in [0.25, 0.3) is 0 Å². The number of rotatable bonds is 4. The fraction of sp³-hybridized carbons (Fsp3) is 0.333. The molecule has 0 saturated carbocycles. The van der Waals surface area contributed by atoms with Crippen LogP contribution in [0.25, 0.3) is 0 Å². The van der Waals surface area contributed by atoms with Crippen molar-refractivity contribution in [3.05, 3.63) is 33.8 Å². The van der Waals surface area contributed by atoms with Gasteiger partial charge in [0, 0.05) is 10.0 Å².